The minimum atomic E-state index is -0.158. The van der Waals surface area contributed by atoms with E-state index in [4.69, 9.17) is 9.47 Å². The molecule has 3 rings (SSSR count). The second kappa shape index (κ2) is 7.70. The Morgan fingerprint density at radius 3 is 2.96 bits per heavy atom. The Kier molecular flexibility index (Phi) is 5.18. The van der Waals surface area contributed by atoms with Gasteiger partial charge < -0.3 is 20.1 Å². The van der Waals surface area contributed by atoms with Crippen molar-refractivity contribution < 1.29 is 19.1 Å². The number of hydrogen-bond acceptors (Lipinski definition) is 4. The maximum atomic E-state index is 12.1. The quantitative estimate of drug-likeness (QED) is 0.842. The molecule has 0 unspecified atom stereocenters. The fourth-order valence-electron chi connectivity index (χ4n) is 2.72. The highest BCUT2D eigenvalue weighted by Crippen LogP contribution is 2.28. The standard InChI is InChI=1S/C19H20N2O4/c1-24-16-5-3-2-4-14(16)11-18(22)20-9-8-13-6-7-17-15(10-13)21-19(23)12-25-17/h2-7,10H,8-9,11-12H2,1H3,(H,20,22)(H,21,23). The first-order valence-electron chi connectivity index (χ1n) is 8.10. The van der Waals surface area contributed by atoms with Crippen LogP contribution in [0.1, 0.15) is 11.1 Å². The van der Waals surface area contributed by atoms with E-state index in [1.54, 1.807) is 7.11 Å². The van der Waals surface area contributed by atoms with Crippen LogP contribution in [-0.4, -0.2) is 32.1 Å². The van der Waals surface area contributed by atoms with Gasteiger partial charge in [0.25, 0.3) is 5.91 Å². The van der Waals surface area contributed by atoms with Gasteiger partial charge in [-0.05, 0) is 30.2 Å². The molecule has 0 fully saturated rings. The largest absolute Gasteiger partial charge is 0.496 e. The van der Waals surface area contributed by atoms with E-state index >= 15 is 0 Å². The Morgan fingerprint density at radius 1 is 1.28 bits per heavy atom. The molecule has 0 saturated heterocycles. The summed E-state index contributed by atoms with van der Waals surface area (Å²) in [7, 11) is 1.59. The van der Waals surface area contributed by atoms with Gasteiger partial charge >= 0.3 is 0 Å². The summed E-state index contributed by atoms with van der Waals surface area (Å²) in [6.07, 6.45) is 0.943. The average Bonchev–Trinajstić information content (AvgIpc) is 2.62. The molecule has 25 heavy (non-hydrogen) atoms. The molecular formula is C19H20N2O4. The van der Waals surface area contributed by atoms with Gasteiger partial charge in [0.1, 0.15) is 11.5 Å². The number of rotatable bonds is 6. The summed E-state index contributed by atoms with van der Waals surface area (Å²) >= 11 is 0. The molecule has 1 aliphatic rings. The van der Waals surface area contributed by atoms with E-state index in [1.807, 2.05) is 42.5 Å². The molecule has 0 saturated carbocycles. The highest BCUT2D eigenvalue weighted by Gasteiger charge is 2.15. The fraction of sp³-hybridized carbons (Fsp3) is 0.263. The number of fused-ring (bicyclic) bond motifs is 1. The number of amides is 2. The van der Waals surface area contributed by atoms with E-state index in [1.165, 1.54) is 0 Å². The van der Waals surface area contributed by atoms with E-state index in [0.29, 0.717) is 30.2 Å². The van der Waals surface area contributed by atoms with Gasteiger partial charge in [-0.1, -0.05) is 24.3 Å². The van der Waals surface area contributed by atoms with Gasteiger partial charge in [-0.15, -0.1) is 0 Å². The van der Waals surface area contributed by atoms with Crippen LogP contribution >= 0.6 is 0 Å². The van der Waals surface area contributed by atoms with Crippen LogP contribution in [0.25, 0.3) is 0 Å². The summed E-state index contributed by atoms with van der Waals surface area (Å²) in [6.45, 7) is 0.562. The number of methoxy groups -OCH3 is 1. The normalized spacial score (nSPS) is 12.6. The van der Waals surface area contributed by atoms with E-state index in [9.17, 15) is 9.59 Å². The van der Waals surface area contributed by atoms with Crippen LogP contribution in [0.15, 0.2) is 42.5 Å². The van der Waals surface area contributed by atoms with E-state index in [-0.39, 0.29) is 24.8 Å². The first kappa shape index (κ1) is 16.8. The van der Waals surface area contributed by atoms with Gasteiger partial charge in [0, 0.05) is 12.1 Å². The third-order valence-electron chi connectivity index (χ3n) is 3.96. The average molecular weight is 340 g/mol. The van der Waals surface area contributed by atoms with Crippen LogP contribution in [0.3, 0.4) is 0 Å². The van der Waals surface area contributed by atoms with Gasteiger partial charge in [0.15, 0.2) is 6.61 Å². The minimum absolute atomic E-state index is 0.0470. The first-order valence-corrected chi connectivity index (χ1v) is 8.10. The van der Waals surface area contributed by atoms with Crippen molar-refractivity contribution in [3.8, 4) is 11.5 Å². The number of anilines is 1. The number of para-hydroxylation sites is 1. The van der Waals surface area contributed by atoms with Crippen molar-refractivity contribution in [2.45, 2.75) is 12.8 Å². The topological polar surface area (TPSA) is 76.7 Å². The zero-order chi connectivity index (χ0) is 17.6. The molecule has 0 aliphatic carbocycles. The Labute approximate surface area is 146 Å². The highest BCUT2D eigenvalue weighted by atomic mass is 16.5. The van der Waals surface area contributed by atoms with Gasteiger partial charge in [0.2, 0.25) is 5.91 Å². The monoisotopic (exact) mass is 340 g/mol. The number of ether oxygens (including phenoxy) is 2. The van der Waals surface area contributed by atoms with Crippen molar-refractivity contribution in [3.63, 3.8) is 0 Å². The number of benzene rings is 2. The summed E-state index contributed by atoms with van der Waals surface area (Å²) in [4.78, 5) is 23.5. The van der Waals surface area contributed by atoms with Crippen LogP contribution in [-0.2, 0) is 22.4 Å². The molecular weight excluding hydrogens is 320 g/mol. The Bertz CT molecular complexity index is 789. The van der Waals surface area contributed by atoms with E-state index < -0.39 is 0 Å². The molecule has 0 atom stereocenters. The van der Waals surface area contributed by atoms with Crippen LogP contribution in [0.4, 0.5) is 5.69 Å². The van der Waals surface area contributed by atoms with Gasteiger partial charge in [-0.3, -0.25) is 9.59 Å². The van der Waals surface area contributed by atoms with Crippen molar-refractivity contribution in [1.29, 1.82) is 0 Å². The molecule has 6 heteroatoms. The van der Waals surface area contributed by atoms with Gasteiger partial charge in [-0.25, -0.2) is 0 Å². The second-order valence-electron chi connectivity index (χ2n) is 5.76. The maximum Gasteiger partial charge on any atom is 0.262 e. The SMILES string of the molecule is COc1ccccc1CC(=O)NCCc1ccc2c(c1)NC(=O)CO2. The molecule has 2 aromatic rings. The third-order valence-corrected chi connectivity index (χ3v) is 3.96. The van der Waals surface area contributed by atoms with Gasteiger partial charge in [0.05, 0.1) is 19.2 Å². The van der Waals surface area contributed by atoms with Crippen LogP contribution in [0, 0.1) is 0 Å². The van der Waals surface area contributed by atoms with Gasteiger partial charge in [-0.2, -0.15) is 0 Å². The molecule has 0 spiro atoms. The van der Waals surface area contributed by atoms with Crippen LogP contribution < -0.4 is 20.1 Å². The lowest BCUT2D eigenvalue weighted by Crippen LogP contribution is -2.27. The van der Waals surface area contributed by atoms with Crippen LogP contribution in [0.2, 0.25) is 0 Å². The van der Waals surface area contributed by atoms with E-state index in [0.717, 1.165) is 11.1 Å². The summed E-state index contributed by atoms with van der Waals surface area (Å²) < 4.78 is 10.6. The Morgan fingerprint density at radius 2 is 2.12 bits per heavy atom. The zero-order valence-corrected chi connectivity index (χ0v) is 14.0. The van der Waals surface area contributed by atoms with Crippen LogP contribution in [0.5, 0.6) is 11.5 Å². The summed E-state index contributed by atoms with van der Waals surface area (Å²) in [6, 6.07) is 13.1. The fourth-order valence-corrected chi connectivity index (χ4v) is 2.72. The first-order chi connectivity index (χ1) is 12.2. The summed E-state index contributed by atoms with van der Waals surface area (Å²) in [5.41, 5.74) is 2.55. The lowest BCUT2D eigenvalue weighted by Gasteiger charge is -2.18. The number of hydrogen-bond donors (Lipinski definition) is 2. The highest BCUT2D eigenvalue weighted by molar-refractivity contribution is 5.95. The van der Waals surface area contributed by atoms with E-state index in [2.05, 4.69) is 10.6 Å². The third kappa shape index (κ3) is 4.29. The lowest BCUT2D eigenvalue weighted by molar-refractivity contribution is -0.120. The Hall–Kier alpha value is -3.02. The molecule has 2 N–H and O–H groups in total. The predicted octanol–water partition coefficient (Wildman–Crippen LogP) is 1.93. The molecule has 2 aromatic carbocycles. The van der Waals surface area contributed by atoms with Crippen molar-refractivity contribution in [2.24, 2.45) is 0 Å². The Balaban J connectivity index is 1.52. The molecule has 1 aliphatic heterocycles. The molecule has 0 radical (unpaired) electrons. The lowest BCUT2D eigenvalue weighted by atomic mass is 10.1. The van der Waals surface area contributed by atoms with Crippen molar-refractivity contribution in [2.75, 3.05) is 25.6 Å². The molecule has 2 amide bonds. The second-order valence-corrected chi connectivity index (χ2v) is 5.76. The zero-order valence-electron chi connectivity index (χ0n) is 14.0. The summed E-state index contributed by atoms with van der Waals surface area (Å²) in [5, 5.41) is 5.69. The molecule has 130 valence electrons. The molecule has 6 nitrogen and oxygen atoms in total. The minimum Gasteiger partial charge on any atom is -0.496 e. The van der Waals surface area contributed by atoms with Crippen molar-refractivity contribution in [1.82, 2.24) is 5.32 Å². The number of carbonyl (C=O) groups excluding carboxylic acids is 2. The smallest absolute Gasteiger partial charge is 0.262 e. The molecule has 1 heterocycles. The predicted molar refractivity (Wildman–Crippen MR) is 94.0 cm³/mol. The summed E-state index contributed by atoms with van der Waals surface area (Å²) in [5.74, 6) is 1.17. The van der Waals surface area contributed by atoms with Crippen molar-refractivity contribution in [3.05, 3.63) is 53.6 Å². The molecule has 0 aromatic heterocycles. The maximum absolute atomic E-state index is 12.1. The number of carbonyl (C=O) groups is 2. The molecule has 0 bridgehead atoms. The van der Waals surface area contributed by atoms with Crippen molar-refractivity contribution >= 4 is 17.5 Å². The number of nitrogens with one attached hydrogen (secondary N) is 2.